The van der Waals surface area contributed by atoms with Crippen LogP contribution in [0.1, 0.15) is 36.8 Å². The van der Waals surface area contributed by atoms with E-state index >= 15 is 0 Å². The SMILES string of the molecule is NCc1ccccc1CC1CCCC1. The number of nitrogens with two attached hydrogens (primary N) is 1. The fourth-order valence-electron chi connectivity index (χ4n) is 2.48. The molecule has 0 amide bonds. The molecule has 0 aliphatic heterocycles. The van der Waals surface area contributed by atoms with Crippen molar-refractivity contribution in [2.75, 3.05) is 0 Å². The van der Waals surface area contributed by atoms with Gasteiger partial charge >= 0.3 is 0 Å². The zero-order valence-electron chi connectivity index (χ0n) is 8.71. The summed E-state index contributed by atoms with van der Waals surface area (Å²) in [5.74, 6) is 0.919. The molecule has 0 heterocycles. The van der Waals surface area contributed by atoms with Crippen molar-refractivity contribution in [2.24, 2.45) is 11.7 Å². The van der Waals surface area contributed by atoms with Gasteiger partial charge in [-0.15, -0.1) is 0 Å². The molecular formula is C13H19N. The first kappa shape index (κ1) is 9.72. The molecule has 1 fully saturated rings. The van der Waals surface area contributed by atoms with E-state index in [0.717, 1.165) is 5.92 Å². The van der Waals surface area contributed by atoms with Gasteiger partial charge in [-0.2, -0.15) is 0 Å². The molecule has 0 saturated heterocycles. The van der Waals surface area contributed by atoms with Crippen LogP contribution in [0.3, 0.4) is 0 Å². The van der Waals surface area contributed by atoms with Crippen molar-refractivity contribution in [1.82, 2.24) is 0 Å². The van der Waals surface area contributed by atoms with Crippen LogP contribution < -0.4 is 5.73 Å². The van der Waals surface area contributed by atoms with Gasteiger partial charge in [0.2, 0.25) is 0 Å². The van der Waals surface area contributed by atoms with Gasteiger partial charge < -0.3 is 5.73 Å². The highest BCUT2D eigenvalue weighted by Gasteiger charge is 2.16. The fraction of sp³-hybridized carbons (Fsp3) is 0.538. The molecule has 1 nitrogen and oxygen atoms in total. The minimum atomic E-state index is 0.683. The van der Waals surface area contributed by atoms with Crippen LogP contribution in [0.4, 0.5) is 0 Å². The maximum atomic E-state index is 5.72. The minimum absolute atomic E-state index is 0.683. The second kappa shape index (κ2) is 4.61. The van der Waals surface area contributed by atoms with Crippen LogP contribution in [0.2, 0.25) is 0 Å². The van der Waals surface area contributed by atoms with E-state index in [2.05, 4.69) is 24.3 Å². The predicted octanol–water partition coefficient (Wildman–Crippen LogP) is 2.88. The average Bonchev–Trinajstić information content (AvgIpc) is 2.71. The van der Waals surface area contributed by atoms with Crippen LogP contribution in [0.25, 0.3) is 0 Å². The predicted molar refractivity (Wildman–Crippen MR) is 60.0 cm³/mol. The molecule has 0 radical (unpaired) electrons. The first-order valence-corrected chi connectivity index (χ1v) is 5.67. The van der Waals surface area contributed by atoms with Gasteiger partial charge in [-0.1, -0.05) is 49.9 Å². The highest BCUT2D eigenvalue weighted by Crippen LogP contribution is 2.28. The van der Waals surface area contributed by atoms with E-state index in [1.54, 1.807) is 0 Å². The van der Waals surface area contributed by atoms with E-state index in [-0.39, 0.29) is 0 Å². The van der Waals surface area contributed by atoms with Crippen LogP contribution in [-0.4, -0.2) is 0 Å². The zero-order chi connectivity index (χ0) is 9.80. The van der Waals surface area contributed by atoms with E-state index in [9.17, 15) is 0 Å². The third-order valence-electron chi connectivity index (χ3n) is 3.32. The standard InChI is InChI=1S/C13H19N/c14-10-13-8-4-3-7-12(13)9-11-5-1-2-6-11/h3-4,7-8,11H,1-2,5-6,9-10,14H2. The van der Waals surface area contributed by atoms with Gasteiger partial charge in [-0.05, 0) is 23.5 Å². The Labute approximate surface area is 86.3 Å². The molecule has 0 unspecified atom stereocenters. The summed E-state index contributed by atoms with van der Waals surface area (Å²) in [5, 5.41) is 0. The minimum Gasteiger partial charge on any atom is -0.326 e. The molecule has 1 aromatic rings. The third kappa shape index (κ3) is 2.16. The van der Waals surface area contributed by atoms with E-state index in [4.69, 9.17) is 5.73 Å². The van der Waals surface area contributed by atoms with Gasteiger partial charge in [0, 0.05) is 6.54 Å². The van der Waals surface area contributed by atoms with Crippen LogP contribution in [0, 0.1) is 5.92 Å². The smallest absolute Gasteiger partial charge is 0.0180 e. The quantitative estimate of drug-likeness (QED) is 0.777. The van der Waals surface area contributed by atoms with Gasteiger partial charge in [0.1, 0.15) is 0 Å². The van der Waals surface area contributed by atoms with Crippen molar-refractivity contribution in [1.29, 1.82) is 0 Å². The third-order valence-corrected chi connectivity index (χ3v) is 3.32. The normalized spacial score (nSPS) is 17.5. The van der Waals surface area contributed by atoms with E-state index < -0.39 is 0 Å². The maximum Gasteiger partial charge on any atom is 0.0180 e. The summed E-state index contributed by atoms with van der Waals surface area (Å²) in [6.45, 7) is 0.683. The second-order valence-electron chi connectivity index (χ2n) is 4.33. The number of rotatable bonds is 3. The molecule has 2 N–H and O–H groups in total. The van der Waals surface area contributed by atoms with Gasteiger partial charge in [-0.3, -0.25) is 0 Å². The number of benzene rings is 1. The fourth-order valence-corrected chi connectivity index (χ4v) is 2.48. The van der Waals surface area contributed by atoms with E-state index in [1.165, 1.54) is 43.2 Å². The molecule has 2 rings (SSSR count). The Hall–Kier alpha value is -0.820. The van der Waals surface area contributed by atoms with E-state index in [0.29, 0.717) is 6.54 Å². The summed E-state index contributed by atoms with van der Waals surface area (Å²) in [6, 6.07) is 8.61. The second-order valence-corrected chi connectivity index (χ2v) is 4.33. The Bertz CT molecular complexity index is 287. The molecule has 0 aromatic heterocycles. The highest BCUT2D eigenvalue weighted by molar-refractivity contribution is 5.27. The molecule has 0 atom stereocenters. The summed E-state index contributed by atoms with van der Waals surface area (Å²) in [4.78, 5) is 0. The van der Waals surface area contributed by atoms with Crippen LogP contribution in [-0.2, 0) is 13.0 Å². The van der Waals surface area contributed by atoms with Crippen LogP contribution in [0.5, 0.6) is 0 Å². The number of hydrogen-bond acceptors (Lipinski definition) is 1. The topological polar surface area (TPSA) is 26.0 Å². The maximum absolute atomic E-state index is 5.72. The summed E-state index contributed by atoms with van der Waals surface area (Å²) >= 11 is 0. The molecular weight excluding hydrogens is 170 g/mol. The molecule has 76 valence electrons. The summed E-state index contributed by atoms with van der Waals surface area (Å²) < 4.78 is 0. The Morgan fingerprint density at radius 3 is 2.36 bits per heavy atom. The lowest BCUT2D eigenvalue weighted by molar-refractivity contribution is 0.544. The lowest BCUT2D eigenvalue weighted by atomic mass is 9.94. The molecule has 1 aliphatic rings. The molecule has 0 bridgehead atoms. The first-order chi connectivity index (χ1) is 6.90. The Kier molecular flexibility index (Phi) is 3.20. The molecule has 14 heavy (non-hydrogen) atoms. The van der Waals surface area contributed by atoms with Gasteiger partial charge in [-0.25, -0.2) is 0 Å². The molecule has 0 spiro atoms. The first-order valence-electron chi connectivity index (χ1n) is 5.67. The number of hydrogen-bond donors (Lipinski definition) is 1. The molecule has 1 saturated carbocycles. The van der Waals surface area contributed by atoms with Gasteiger partial charge in [0.25, 0.3) is 0 Å². The van der Waals surface area contributed by atoms with Gasteiger partial charge in [0.15, 0.2) is 0 Å². The monoisotopic (exact) mass is 189 g/mol. The largest absolute Gasteiger partial charge is 0.326 e. The average molecular weight is 189 g/mol. The molecule has 1 heteroatoms. The molecule has 1 aliphatic carbocycles. The van der Waals surface area contributed by atoms with E-state index in [1.807, 2.05) is 0 Å². The lowest BCUT2D eigenvalue weighted by Crippen LogP contribution is -2.05. The highest BCUT2D eigenvalue weighted by atomic mass is 14.5. The Balaban J connectivity index is 2.07. The summed E-state index contributed by atoms with van der Waals surface area (Å²) in [7, 11) is 0. The Morgan fingerprint density at radius 2 is 1.71 bits per heavy atom. The van der Waals surface area contributed by atoms with Crippen molar-refractivity contribution in [2.45, 2.75) is 38.6 Å². The van der Waals surface area contributed by atoms with Crippen LogP contribution >= 0.6 is 0 Å². The summed E-state index contributed by atoms with van der Waals surface area (Å²) in [6.07, 6.45) is 6.93. The lowest BCUT2D eigenvalue weighted by Gasteiger charge is -2.12. The zero-order valence-corrected chi connectivity index (χ0v) is 8.71. The van der Waals surface area contributed by atoms with Crippen molar-refractivity contribution in [3.05, 3.63) is 35.4 Å². The van der Waals surface area contributed by atoms with Crippen molar-refractivity contribution >= 4 is 0 Å². The van der Waals surface area contributed by atoms with Crippen molar-refractivity contribution in [3.8, 4) is 0 Å². The summed E-state index contributed by atoms with van der Waals surface area (Å²) in [5.41, 5.74) is 8.53. The van der Waals surface area contributed by atoms with Crippen molar-refractivity contribution in [3.63, 3.8) is 0 Å². The van der Waals surface area contributed by atoms with Gasteiger partial charge in [0.05, 0.1) is 0 Å². The molecule has 1 aromatic carbocycles. The van der Waals surface area contributed by atoms with Crippen molar-refractivity contribution < 1.29 is 0 Å². The van der Waals surface area contributed by atoms with Crippen LogP contribution in [0.15, 0.2) is 24.3 Å². The Morgan fingerprint density at radius 1 is 1.07 bits per heavy atom.